The number of nitrogens with zero attached hydrogens (tertiary/aromatic N) is 2. The second-order valence-corrected chi connectivity index (χ2v) is 5.32. The van der Waals surface area contributed by atoms with Crippen molar-refractivity contribution in [2.75, 3.05) is 23.3 Å². The Hall–Kier alpha value is -2.63. The fourth-order valence-electron chi connectivity index (χ4n) is 2.58. The summed E-state index contributed by atoms with van der Waals surface area (Å²) >= 11 is 0. The fourth-order valence-corrected chi connectivity index (χ4v) is 2.58. The summed E-state index contributed by atoms with van der Waals surface area (Å²) < 4.78 is 0. The lowest BCUT2D eigenvalue weighted by molar-refractivity contribution is 0.102. The van der Waals surface area contributed by atoms with Gasteiger partial charge in [0.05, 0.1) is 11.9 Å². The molecule has 0 radical (unpaired) electrons. The number of aromatic amines is 1. The number of pyridine rings is 2. The normalized spacial score (nSPS) is 14.6. The number of rotatable bonds is 3. The number of amides is 1. The Labute approximate surface area is 128 Å². The third-order valence-corrected chi connectivity index (χ3v) is 3.77. The topological polar surface area (TPSA) is 78.1 Å². The maximum absolute atomic E-state index is 12.0. The number of piperidine rings is 1. The summed E-state index contributed by atoms with van der Waals surface area (Å²) in [6, 6.07) is 6.81. The molecule has 1 saturated heterocycles. The summed E-state index contributed by atoms with van der Waals surface area (Å²) in [4.78, 5) is 32.6. The van der Waals surface area contributed by atoms with Gasteiger partial charge in [-0.15, -0.1) is 0 Å². The van der Waals surface area contributed by atoms with Gasteiger partial charge in [-0.2, -0.15) is 0 Å². The third-order valence-electron chi connectivity index (χ3n) is 3.77. The number of carbonyl (C=O) groups is 1. The first-order valence-corrected chi connectivity index (χ1v) is 7.44. The van der Waals surface area contributed by atoms with Crippen molar-refractivity contribution in [3.63, 3.8) is 0 Å². The van der Waals surface area contributed by atoms with Gasteiger partial charge in [0.1, 0.15) is 11.4 Å². The lowest BCUT2D eigenvalue weighted by Gasteiger charge is -2.28. The summed E-state index contributed by atoms with van der Waals surface area (Å²) in [5.74, 6) is -0.0194. The number of H-pyrrole nitrogens is 1. The van der Waals surface area contributed by atoms with Gasteiger partial charge in [-0.1, -0.05) is 0 Å². The van der Waals surface area contributed by atoms with E-state index in [4.69, 9.17) is 0 Å². The van der Waals surface area contributed by atoms with Crippen LogP contribution in [0.25, 0.3) is 0 Å². The molecule has 22 heavy (non-hydrogen) atoms. The standard InChI is InChI=1S/C16H18N4O2/c21-15-13(5-4-8-17-15)16(22)19-14-7-6-12(11-18-14)20-9-2-1-3-10-20/h4-8,11H,1-3,9-10H2,(H,17,21)(H,18,19,22). The molecular formula is C16H18N4O2. The highest BCUT2D eigenvalue weighted by molar-refractivity contribution is 6.03. The van der Waals surface area contributed by atoms with Crippen molar-refractivity contribution in [3.05, 3.63) is 52.6 Å². The number of hydrogen-bond donors (Lipinski definition) is 2. The van der Waals surface area contributed by atoms with Crippen LogP contribution in [-0.4, -0.2) is 29.0 Å². The zero-order valence-corrected chi connectivity index (χ0v) is 12.2. The van der Waals surface area contributed by atoms with Gasteiger partial charge in [-0.05, 0) is 43.5 Å². The van der Waals surface area contributed by atoms with Gasteiger partial charge >= 0.3 is 0 Å². The SMILES string of the molecule is O=C(Nc1ccc(N2CCCCC2)cn1)c1ccc[nH]c1=O. The van der Waals surface area contributed by atoms with E-state index in [2.05, 4.69) is 20.2 Å². The van der Waals surface area contributed by atoms with Crippen molar-refractivity contribution >= 4 is 17.4 Å². The van der Waals surface area contributed by atoms with E-state index < -0.39 is 11.5 Å². The molecule has 6 heteroatoms. The highest BCUT2D eigenvalue weighted by Gasteiger charge is 2.13. The monoisotopic (exact) mass is 298 g/mol. The summed E-state index contributed by atoms with van der Waals surface area (Å²) in [7, 11) is 0. The summed E-state index contributed by atoms with van der Waals surface area (Å²) in [5.41, 5.74) is 0.726. The van der Waals surface area contributed by atoms with Crippen LogP contribution in [0.4, 0.5) is 11.5 Å². The first-order chi connectivity index (χ1) is 10.7. The van der Waals surface area contributed by atoms with Crippen LogP contribution < -0.4 is 15.8 Å². The Morgan fingerprint density at radius 1 is 1.18 bits per heavy atom. The molecule has 114 valence electrons. The van der Waals surface area contributed by atoms with Crippen LogP contribution in [0.2, 0.25) is 0 Å². The quantitative estimate of drug-likeness (QED) is 0.908. The Morgan fingerprint density at radius 2 is 2.00 bits per heavy atom. The lowest BCUT2D eigenvalue weighted by Crippen LogP contribution is -2.29. The zero-order chi connectivity index (χ0) is 15.4. The largest absolute Gasteiger partial charge is 0.370 e. The van der Waals surface area contributed by atoms with E-state index in [1.165, 1.54) is 31.5 Å². The highest BCUT2D eigenvalue weighted by Crippen LogP contribution is 2.20. The molecule has 0 spiro atoms. The molecule has 2 N–H and O–H groups in total. The highest BCUT2D eigenvalue weighted by atomic mass is 16.2. The predicted molar refractivity (Wildman–Crippen MR) is 85.3 cm³/mol. The molecule has 1 fully saturated rings. The molecular weight excluding hydrogens is 280 g/mol. The van der Waals surface area contributed by atoms with E-state index in [9.17, 15) is 9.59 Å². The van der Waals surface area contributed by atoms with E-state index in [-0.39, 0.29) is 5.56 Å². The average molecular weight is 298 g/mol. The van der Waals surface area contributed by atoms with Gasteiger partial charge in [0.2, 0.25) is 0 Å². The van der Waals surface area contributed by atoms with Crippen LogP contribution in [0.3, 0.4) is 0 Å². The third kappa shape index (κ3) is 3.16. The first-order valence-electron chi connectivity index (χ1n) is 7.44. The molecule has 6 nitrogen and oxygen atoms in total. The van der Waals surface area contributed by atoms with Crippen LogP contribution in [-0.2, 0) is 0 Å². The van der Waals surface area contributed by atoms with Gasteiger partial charge in [-0.25, -0.2) is 4.98 Å². The van der Waals surface area contributed by atoms with Gasteiger partial charge in [0, 0.05) is 19.3 Å². The smallest absolute Gasteiger partial charge is 0.262 e. The molecule has 1 aliphatic heterocycles. The minimum atomic E-state index is -0.458. The predicted octanol–water partition coefficient (Wildman–Crippen LogP) is 2.01. The molecule has 0 saturated carbocycles. The van der Waals surface area contributed by atoms with E-state index in [1.54, 1.807) is 18.3 Å². The average Bonchev–Trinajstić information content (AvgIpc) is 2.57. The number of nitrogens with one attached hydrogen (secondary N) is 2. The van der Waals surface area contributed by atoms with Crippen molar-refractivity contribution in [1.29, 1.82) is 0 Å². The molecule has 0 unspecified atom stereocenters. The molecule has 0 bridgehead atoms. The number of aromatic nitrogens is 2. The number of hydrogen-bond acceptors (Lipinski definition) is 4. The Balaban J connectivity index is 1.69. The number of carbonyl (C=O) groups excluding carboxylic acids is 1. The van der Waals surface area contributed by atoms with Crippen LogP contribution in [0, 0.1) is 0 Å². The lowest BCUT2D eigenvalue weighted by atomic mass is 10.1. The molecule has 3 rings (SSSR count). The van der Waals surface area contributed by atoms with Crippen LogP contribution in [0.15, 0.2) is 41.5 Å². The Morgan fingerprint density at radius 3 is 2.68 bits per heavy atom. The molecule has 1 aliphatic rings. The zero-order valence-electron chi connectivity index (χ0n) is 12.2. The van der Waals surface area contributed by atoms with Crippen molar-refractivity contribution < 1.29 is 4.79 Å². The first kappa shape index (κ1) is 14.3. The maximum atomic E-state index is 12.0. The maximum Gasteiger partial charge on any atom is 0.262 e. The van der Waals surface area contributed by atoms with Gasteiger partial charge in [0.25, 0.3) is 11.5 Å². The van der Waals surface area contributed by atoms with Crippen molar-refractivity contribution in [2.45, 2.75) is 19.3 Å². The van der Waals surface area contributed by atoms with E-state index >= 15 is 0 Å². The van der Waals surface area contributed by atoms with E-state index in [0.717, 1.165) is 18.8 Å². The molecule has 0 aliphatic carbocycles. The van der Waals surface area contributed by atoms with Crippen molar-refractivity contribution in [3.8, 4) is 0 Å². The van der Waals surface area contributed by atoms with E-state index in [0.29, 0.717) is 5.82 Å². The second kappa shape index (κ2) is 6.43. The van der Waals surface area contributed by atoms with Crippen molar-refractivity contribution in [2.24, 2.45) is 0 Å². The van der Waals surface area contributed by atoms with Crippen LogP contribution in [0.1, 0.15) is 29.6 Å². The molecule has 0 atom stereocenters. The van der Waals surface area contributed by atoms with Gasteiger partial charge in [0.15, 0.2) is 0 Å². The van der Waals surface area contributed by atoms with E-state index in [1.807, 2.05) is 6.07 Å². The van der Waals surface area contributed by atoms with Gasteiger partial charge in [-0.3, -0.25) is 9.59 Å². The molecule has 0 aromatic carbocycles. The summed E-state index contributed by atoms with van der Waals surface area (Å²) in [6.07, 6.45) is 6.94. The Bertz CT molecular complexity index is 703. The van der Waals surface area contributed by atoms with Crippen LogP contribution >= 0.6 is 0 Å². The summed E-state index contributed by atoms with van der Waals surface area (Å²) in [6.45, 7) is 2.10. The fraction of sp³-hybridized carbons (Fsp3) is 0.312. The minimum absolute atomic E-state index is 0.0735. The number of anilines is 2. The molecule has 1 amide bonds. The van der Waals surface area contributed by atoms with Crippen molar-refractivity contribution in [1.82, 2.24) is 9.97 Å². The van der Waals surface area contributed by atoms with Gasteiger partial charge < -0.3 is 15.2 Å². The molecule has 2 aromatic rings. The molecule has 2 aromatic heterocycles. The summed E-state index contributed by atoms with van der Waals surface area (Å²) in [5, 5.41) is 2.64. The molecule has 3 heterocycles. The van der Waals surface area contributed by atoms with Crippen LogP contribution in [0.5, 0.6) is 0 Å². The minimum Gasteiger partial charge on any atom is -0.370 e. The Kier molecular flexibility index (Phi) is 4.18. The second-order valence-electron chi connectivity index (χ2n) is 5.32.